The molecule has 1 aliphatic heterocycles. The number of carbonyl (C=O) groups is 4. The molecule has 0 aromatic heterocycles. The lowest BCUT2D eigenvalue weighted by atomic mass is 9.43. The molecule has 4 aliphatic carbocycles. The first-order chi connectivity index (χ1) is 28.2. The number of hydrogen-bond donors (Lipinski definition) is 12. The Hall–Kier alpha value is -2.40. The standard InChI is InChI=1S/C41H68N2O17/c1-18(22-8-9-23-21-7-6-19-13-20(46)11-12-40(19,2)24(21)14-28(48)41(22,23)3)5-10-29(49)42-25(15-30(50)58-4)37(56)43-38(57)34(54)33(53)36(26(47)16-44)60-39-35(55)32(52)31(51)27(17-45)59-39/h18-28,31-36,39,44-48,51-55H,5-17H2,1-4H3,(H,42,49)(H,43,56,57)/t18?,19?,20-,21?,22?,23?,24?,25?,26?,27?,28+,31-,32?,33?,34?,35-,36?,39-,40?,41?/m1/s1. The van der Waals surface area contributed by atoms with Gasteiger partial charge in [0.1, 0.15) is 48.8 Å². The molecule has 5 aliphatic rings. The second-order valence-electron chi connectivity index (χ2n) is 18.6. The Balaban J connectivity index is 1.18. The third-order valence-electron chi connectivity index (χ3n) is 15.5. The van der Waals surface area contributed by atoms with Crippen LogP contribution in [0.1, 0.15) is 91.4 Å². The quantitative estimate of drug-likeness (QED) is 0.0705. The predicted octanol–water partition coefficient (Wildman–Crippen LogP) is -2.66. The average Bonchev–Trinajstić information content (AvgIpc) is 3.59. The minimum atomic E-state index is -2.57. The normalized spacial score (nSPS) is 40.6. The molecule has 60 heavy (non-hydrogen) atoms. The molecule has 5 rings (SSSR count). The molecule has 0 aromatic carbocycles. The molecule has 0 aromatic rings. The lowest BCUT2D eigenvalue weighted by Gasteiger charge is -2.62. The van der Waals surface area contributed by atoms with Crippen molar-refractivity contribution in [1.29, 1.82) is 0 Å². The van der Waals surface area contributed by atoms with E-state index >= 15 is 0 Å². The number of imide groups is 1. The summed E-state index contributed by atoms with van der Waals surface area (Å²) in [6.45, 7) is 4.64. The van der Waals surface area contributed by atoms with E-state index < -0.39 is 111 Å². The smallest absolute Gasteiger partial charge is 0.308 e. The van der Waals surface area contributed by atoms with Gasteiger partial charge in [-0.05, 0) is 104 Å². The molecule has 19 nitrogen and oxygen atoms in total. The highest BCUT2D eigenvalue weighted by atomic mass is 16.7. The van der Waals surface area contributed by atoms with Gasteiger partial charge in [0.15, 0.2) is 12.4 Å². The minimum absolute atomic E-state index is 0.00668. The van der Waals surface area contributed by atoms with Crippen LogP contribution in [-0.2, 0) is 33.4 Å². The van der Waals surface area contributed by atoms with E-state index in [-0.39, 0.29) is 35.2 Å². The summed E-state index contributed by atoms with van der Waals surface area (Å²) in [4.78, 5) is 52.0. The van der Waals surface area contributed by atoms with Crippen molar-refractivity contribution in [2.75, 3.05) is 20.3 Å². The zero-order valence-corrected chi connectivity index (χ0v) is 34.9. The molecule has 20 atom stereocenters. The molecule has 15 unspecified atom stereocenters. The molecule has 4 saturated carbocycles. The summed E-state index contributed by atoms with van der Waals surface area (Å²) in [5.41, 5.74) is -0.252. The van der Waals surface area contributed by atoms with Gasteiger partial charge in [0.05, 0.1) is 39.0 Å². The zero-order valence-electron chi connectivity index (χ0n) is 34.9. The molecule has 1 heterocycles. The number of nitrogens with one attached hydrogen (secondary N) is 2. The molecule has 0 bridgehead atoms. The van der Waals surface area contributed by atoms with Gasteiger partial charge >= 0.3 is 5.97 Å². The first kappa shape index (κ1) is 48.6. The molecule has 19 heteroatoms. The van der Waals surface area contributed by atoms with Crippen LogP contribution in [-0.4, -0.2) is 168 Å². The highest BCUT2D eigenvalue weighted by molar-refractivity contribution is 6.02. The maximum Gasteiger partial charge on any atom is 0.308 e. The Labute approximate surface area is 349 Å². The Bertz CT molecular complexity index is 1500. The van der Waals surface area contributed by atoms with Crippen LogP contribution in [0.25, 0.3) is 0 Å². The first-order valence-electron chi connectivity index (χ1n) is 21.4. The highest BCUT2D eigenvalue weighted by Crippen LogP contribution is 2.68. The number of esters is 1. The number of rotatable bonds is 16. The molecule has 0 spiro atoms. The Morgan fingerprint density at radius 2 is 1.57 bits per heavy atom. The van der Waals surface area contributed by atoms with Crippen LogP contribution in [0, 0.1) is 46.3 Å². The van der Waals surface area contributed by atoms with Crippen molar-refractivity contribution in [3.63, 3.8) is 0 Å². The molecule has 12 N–H and O–H groups in total. The summed E-state index contributed by atoms with van der Waals surface area (Å²) in [6, 6.07) is -1.67. The van der Waals surface area contributed by atoms with Gasteiger partial charge in [0, 0.05) is 6.42 Å². The van der Waals surface area contributed by atoms with E-state index in [4.69, 9.17) is 9.47 Å². The van der Waals surface area contributed by atoms with Gasteiger partial charge in [0.2, 0.25) is 11.8 Å². The summed E-state index contributed by atoms with van der Waals surface area (Å²) in [5, 5.41) is 108. The van der Waals surface area contributed by atoms with Crippen molar-refractivity contribution >= 4 is 23.7 Å². The van der Waals surface area contributed by atoms with Gasteiger partial charge in [0.25, 0.3) is 5.91 Å². The topological polar surface area (TPSA) is 322 Å². The van der Waals surface area contributed by atoms with Gasteiger partial charge < -0.3 is 70.6 Å². The van der Waals surface area contributed by atoms with Crippen molar-refractivity contribution in [2.45, 2.75) is 165 Å². The second kappa shape index (κ2) is 20.0. The monoisotopic (exact) mass is 860 g/mol. The fourth-order valence-corrected chi connectivity index (χ4v) is 11.9. The van der Waals surface area contributed by atoms with E-state index in [9.17, 15) is 70.2 Å². The predicted molar refractivity (Wildman–Crippen MR) is 206 cm³/mol. The maximum atomic E-state index is 13.3. The minimum Gasteiger partial charge on any atom is -0.469 e. The number of methoxy groups -OCH3 is 1. The number of aliphatic hydroxyl groups excluding tert-OH is 10. The third kappa shape index (κ3) is 9.72. The van der Waals surface area contributed by atoms with Crippen LogP contribution in [0.4, 0.5) is 0 Å². The van der Waals surface area contributed by atoms with Gasteiger partial charge in [-0.1, -0.05) is 20.8 Å². The van der Waals surface area contributed by atoms with E-state index in [1.54, 1.807) is 0 Å². The SMILES string of the molecule is COC(=O)CC(NC(=O)CCC(C)C1CCC2C3CCC4C[C@H](O)CCC4(C)C3C[C@H](O)C12C)C(=O)NC(=O)C(O)C(O)C(O[C@H]1OC(CO)[C@@H](O)C(O)[C@H]1O)C(O)CO. The molecule has 344 valence electrons. The van der Waals surface area contributed by atoms with Crippen molar-refractivity contribution in [3.8, 4) is 0 Å². The van der Waals surface area contributed by atoms with E-state index in [1.165, 1.54) is 0 Å². The van der Waals surface area contributed by atoms with Crippen LogP contribution in [0.3, 0.4) is 0 Å². The number of ether oxygens (including phenoxy) is 3. The van der Waals surface area contributed by atoms with Crippen LogP contribution >= 0.6 is 0 Å². The van der Waals surface area contributed by atoms with Crippen molar-refractivity contribution in [2.24, 2.45) is 46.3 Å². The Kier molecular flexibility index (Phi) is 16.2. The first-order valence-corrected chi connectivity index (χ1v) is 21.4. The summed E-state index contributed by atoms with van der Waals surface area (Å²) in [5.74, 6) is -2.56. The van der Waals surface area contributed by atoms with Crippen LogP contribution in [0.2, 0.25) is 0 Å². The number of carbonyl (C=O) groups excluding carboxylic acids is 4. The van der Waals surface area contributed by atoms with Crippen LogP contribution < -0.4 is 10.6 Å². The lowest BCUT2D eigenvalue weighted by molar-refractivity contribution is -0.326. The van der Waals surface area contributed by atoms with Gasteiger partial charge in [-0.15, -0.1) is 0 Å². The second-order valence-corrected chi connectivity index (χ2v) is 18.6. The summed E-state index contributed by atoms with van der Waals surface area (Å²) >= 11 is 0. The van der Waals surface area contributed by atoms with Crippen molar-refractivity contribution < 1.29 is 84.5 Å². The van der Waals surface area contributed by atoms with Crippen molar-refractivity contribution in [3.05, 3.63) is 0 Å². The molecular formula is C41H68N2O17. The number of fused-ring (bicyclic) bond motifs is 5. The molecule has 3 amide bonds. The van der Waals surface area contributed by atoms with Crippen molar-refractivity contribution in [1.82, 2.24) is 10.6 Å². The summed E-state index contributed by atoms with van der Waals surface area (Å²) in [7, 11) is 1.05. The fraction of sp³-hybridized carbons (Fsp3) is 0.902. The van der Waals surface area contributed by atoms with Gasteiger partial charge in [-0.25, -0.2) is 0 Å². The fourth-order valence-electron chi connectivity index (χ4n) is 11.9. The molecule has 1 saturated heterocycles. The van der Waals surface area contributed by atoms with Crippen LogP contribution in [0.15, 0.2) is 0 Å². The molecular weight excluding hydrogens is 792 g/mol. The highest BCUT2D eigenvalue weighted by Gasteiger charge is 2.63. The molecule has 5 fully saturated rings. The van der Waals surface area contributed by atoms with E-state index in [0.717, 1.165) is 52.1 Å². The molecule has 0 radical (unpaired) electrons. The third-order valence-corrected chi connectivity index (χ3v) is 15.5. The van der Waals surface area contributed by atoms with Crippen LogP contribution in [0.5, 0.6) is 0 Å². The Morgan fingerprint density at radius 3 is 2.22 bits per heavy atom. The number of hydrogen-bond acceptors (Lipinski definition) is 17. The van der Waals surface area contributed by atoms with Gasteiger partial charge in [-0.2, -0.15) is 0 Å². The number of amides is 3. The average molecular weight is 861 g/mol. The number of aliphatic hydroxyl groups is 10. The largest absolute Gasteiger partial charge is 0.469 e. The lowest BCUT2D eigenvalue weighted by Crippen LogP contribution is -2.62. The van der Waals surface area contributed by atoms with E-state index in [2.05, 4.69) is 30.8 Å². The summed E-state index contributed by atoms with van der Waals surface area (Å²) < 4.78 is 15.2. The van der Waals surface area contributed by atoms with E-state index in [0.29, 0.717) is 36.5 Å². The maximum absolute atomic E-state index is 13.3. The summed E-state index contributed by atoms with van der Waals surface area (Å²) in [6.07, 6.45) is -12.1. The zero-order chi connectivity index (χ0) is 44.4. The van der Waals surface area contributed by atoms with Gasteiger partial charge in [-0.3, -0.25) is 24.5 Å². The van der Waals surface area contributed by atoms with E-state index in [1.807, 2.05) is 5.32 Å². The Morgan fingerprint density at radius 1 is 0.867 bits per heavy atom.